The average molecular weight is 909 g/mol. The summed E-state index contributed by atoms with van der Waals surface area (Å²) in [5.41, 5.74) is 17.7. The fourth-order valence-electron chi connectivity index (χ4n) is 10.9. The molecule has 6 heteroatoms. The number of nitrogens with zero attached hydrogens (tertiary/aromatic N) is 6. The second-order valence-electron chi connectivity index (χ2n) is 18.7. The number of para-hydroxylation sites is 2. The highest BCUT2D eigenvalue weighted by molar-refractivity contribution is 6.14. The SMILES string of the molecule is Cc1cccc(-c2nc(-c3cccc(C)c3)nc(-n3c4ccc(-n5c6ccccc6c6cc(-c7ccccc7)ccc65)cc4c4cc(-n5c6ccccc6c6cc(-c7ccccc7)ccc65)ccc43)n2)c1. The first-order chi connectivity index (χ1) is 35.0. The van der Waals surface area contributed by atoms with Crippen LogP contribution in [0.3, 0.4) is 0 Å². The van der Waals surface area contributed by atoms with Gasteiger partial charge in [-0.15, -0.1) is 0 Å². The third-order valence-corrected chi connectivity index (χ3v) is 14.2. The molecule has 4 aromatic heterocycles. The zero-order valence-corrected chi connectivity index (χ0v) is 39.1. The highest BCUT2D eigenvalue weighted by Crippen LogP contribution is 2.41. The van der Waals surface area contributed by atoms with Gasteiger partial charge in [-0.05, 0) is 121 Å². The molecule has 4 heterocycles. The Labute approximate surface area is 410 Å². The molecule has 0 spiro atoms. The van der Waals surface area contributed by atoms with Crippen molar-refractivity contribution in [3.63, 3.8) is 0 Å². The Balaban J connectivity index is 1.04. The minimum absolute atomic E-state index is 0.559. The highest BCUT2D eigenvalue weighted by Gasteiger charge is 2.22. The first kappa shape index (κ1) is 40.7. The lowest BCUT2D eigenvalue weighted by Crippen LogP contribution is -2.06. The smallest absolute Gasteiger partial charge is 0.238 e. The predicted molar refractivity (Wildman–Crippen MR) is 294 cm³/mol. The highest BCUT2D eigenvalue weighted by atomic mass is 15.2. The number of rotatable bonds is 7. The molecule has 0 radical (unpaired) electrons. The lowest BCUT2D eigenvalue weighted by Gasteiger charge is -2.12. The molecule has 0 bridgehead atoms. The van der Waals surface area contributed by atoms with Crippen LogP contribution in [-0.4, -0.2) is 28.7 Å². The summed E-state index contributed by atoms with van der Waals surface area (Å²) in [6.07, 6.45) is 0. The molecule has 0 fully saturated rings. The zero-order chi connectivity index (χ0) is 47.2. The first-order valence-corrected chi connectivity index (χ1v) is 24.2. The lowest BCUT2D eigenvalue weighted by molar-refractivity contribution is 0.952. The van der Waals surface area contributed by atoms with Crippen molar-refractivity contribution in [2.75, 3.05) is 0 Å². The third kappa shape index (κ3) is 6.68. The van der Waals surface area contributed by atoms with Crippen molar-refractivity contribution >= 4 is 65.4 Å². The monoisotopic (exact) mass is 908 g/mol. The van der Waals surface area contributed by atoms with E-state index in [1.54, 1.807) is 0 Å². The van der Waals surface area contributed by atoms with E-state index < -0.39 is 0 Å². The van der Waals surface area contributed by atoms with Crippen LogP contribution in [0.1, 0.15) is 11.1 Å². The van der Waals surface area contributed by atoms with Crippen molar-refractivity contribution in [2.24, 2.45) is 0 Å². The maximum Gasteiger partial charge on any atom is 0.238 e. The van der Waals surface area contributed by atoms with Gasteiger partial charge in [0.2, 0.25) is 5.95 Å². The molecule has 0 amide bonds. The van der Waals surface area contributed by atoms with Crippen LogP contribution >= 0.6 is 0 Å². The Bertz CT molecular complexity index is 4150. The molecule has 0 N–H and O–H groups in total. The largest absolute Gasteiger partial charge is 0.309 e. The minimum atomic E-state index is 0.559. The summed E-state index contributed by atoms with van der Waals surface area (Å²) in [4.78, 5) is 15.8. The van der Waals surface area contributed by atoms with Crippen molar-refractivity contribution in [1.29, 1.82) is 0 Å². The molecule has 14 rings (SSSR count). The number of benzene rings is 10. The predicted octanol–water partition coefficient (Wildman–Crippen LogP) is 16.4. The molecule has 0 saturated heterocycles. The second-order valence-corrected chi connectivity index (χ2v) is 18.7. The van der Waals surface area contributed by atoms with Crippen molar-refractivity contribution in [1.82, 2.24) is 28.7 Å². The Hall–Kier alpha value is -9.39. The van der Waals surface area contributed by atoms with Gasteiger partial charge in [0.05, 0.1) is 33.1 Å². The van der Waals surface area contributed by atoms with E-state index in [0.29, 0.717) is 17.6 Å². The molecule has 0 saturated carbocycles. The summed E-state index contributed by atoms with van der Waals surface area (Å²) in [6.45, 7) is 4.21. The number of hydrogen-bond donors (Lipinski definition) is 0. The van der Waals surface area contributed by atoms with Crippen molar-refractivity contribution < 1.29 is 0 Å². The molecule has 334 valence electrons. The van der Waals surface area contributed by atoms with Crippen LogP contribution in [-0.2, 0) is 0 Å². The Morgan fingerprint density at radius 2 is 0.634 bits per heavy atom. The number of aryl methyl sites for hydroxylation is 2. The summed E-state index contributed by atoms with van der Waals surface area (Å²) >= 11 is 0. The summed E-state index contributed by atoms with van der Waals surface area (Å²) in [5, 5.41) is 7.03. The van der Waals surface area contributed by atoms with Crippen LogP contribution in [0.5, 0.6) is 0 Å². The third-order valence-electron chi connectivity index (χ3n) is 14.2. The molecule has 0 atom stereocenters. The van der Waals surface area contributed by atoms with E-state index in [1.165, 1.54) is 43.8 Å². The Morgan fingerprint density at radius 3 is 1.10 bits per heavy atom. The number of fused-ring (bicyclic) bond motifs is 9. The van der Waals surface area contributed by atoms with E-state index in [0.717, 1.165) is 77.5 Å². The van der Waals surface area contributed by atoms with Crippen LogP contribution in [0.4, 0.5) is 0 Å². The van der Waals surface area contributed by atoms with E-state index in [-0.39, 0.29) is 0 Å². The summed E-state index contributed by atoms with van der Waals surface area (Å²) in [6, 6.07) is 83.0. The second kappa shape index (κ2) is 16.1. The van der Waals surface area contributed by atoms with Crippen LogP contribution in [0, 0.1) is 13.8 Å². The van der Waals surface area contributed by atoms with Gasteiger partial charge < -0.3 is 9.13 Å². The zero-order valence-electron chi connectivity index (χ0n) is 39.1. The van der Waals surface area contributed by atoms with Crippen LogP contribution in [0.25, 0.3) is 128 Å². The maximum absolute atomic E-state index is 5.34. The van der Waals surface area contributed by atoms with Gasteiger partial charge >= 0.3 is 0 Å². The van der Waals surface area contributed by atoms with Gasteiger partial charge in [0, 0.05) is 54.8 Å². The van der Waals surface area contributed by atoms with Gasteiger partial charge in [-0.2, -0.15) is 9.97 Å². The van der Waals surface area contributed by atoms with Crippen molar-refractivity contribution in [3.05, 3.63) is 242 Å². The van der Waals surface area contributed by atoms with Gasteiger partial charge in [-0.3, -0.25) is 4.57 Å². The molecule has 0 unspecified atom stereocenters. The molecule has 14 aromatic rings. The molecule has 71 heavy (non-hydrogen) atoms. The molecule has 0 aliphatic rings. The molecule has 0 aliphatic carbocycles. The minimum Gasteiger partial charge on any atom is -0.309 e. The molecule has 10 aromatic carbocycles. The van der Waals surface area contributed by atoms with Gasteiger partial charge in [-0.25, -0.2) is 4.98 Å². The topological polar surface area (TPSA) is 53.5 Å². The van der Waals surface area contributed by atoms with E-state index >= 15 is 0 Å². The lowest BCUT2D eigenvalue weighted by atomic mass is 10.0. The van der Waals surface area contributed by atoms with Crippen molar-refractivity contribution in [2.45, 2.75) is 13.8 Å². The average Bonchev–Trinajstić information content (AvgIpc) is 4.06. The fourth-order valence-corrected chi connectivity index (χ4v) is 10.9. The van der Waals surface area contributed by atoms with Gasteiger partial charge in [0.25, 0.3) is 0 Å². The van der Waals surface area contributed by atoms with Gasteiger partial charge in [-0.1, -0.05) is 157 Å². The number of hydrogen-bond acceptors (Lipinski definition) is 3. The first-order valence-electron chi connectivity index (χ1n) is 24.2. The standard InChI is InChI=1S/C65H44N6/c1-41-15-13-21-47(35-41)63-66-64(48-22-14-16-42(2)36-48)68-65(67-63)71-61-33-29-49(69-57-25-11-9-23-51(57)53-37-45(27-31-59(53)69)43-17-5-3-6-18-43)39-55(61)56-40-50(30-34-62(56)71)70-58-26-12-10-24-52(58)54-38-46(28-32-60(54)70)44-19-7-4-8-20-44/h3-40H,1-2H3. The summed E-state index contributed by atoms with van der Waals surface area (Å²) < 4.78 is 7.06. The molecular formula is C65H44N6. The van der Waals surface area contributed by atoms with Crippen molar-refractivity contribution in [3.8, 4) is 62.4 Å². The maximum atomic E-state index is 5.34. The number of aromatic nitrogens is 6. The molecule has 0 aliphatic heterocycles. The Kier molecular flexibility index (Phi) is 9.23. The van der Waals surface area contributed by atoms with E-state index in [4.69, 9.17) is 15.0 Å². The molecule has 6 nitrogen and oxygen atoms in total. The van der Waals surface area contributed by atoms with E-state index in [9.17, 15) is 0 Å². The van der Waals surface area contributed by atoms with Crippen LogP contribution < -0.4 is 0 Å². The van der Waals surface area contributed by atoms with Gasteiger partial charge in [0.15, 0.2) is 11.6 Å². The quantitative estimate of drug-likeness (QED) is 0.160. The molecular weight excluding hydrogens is 865 g/mol. The summed E-state index contributed by atoms with van der Waals surface area (Å²) in [7, 11) is 0. The van der Waals surface area contributed by atoms with E-state index in [2.05, 4.69) is 258 Å². The van der Waals surface area contributed by atoms with Gasteiger partial charge in [0.1, 0.15) is 0 Å². The van der Waals surface area contributed by atoms with Crippen LogP contribution in [0.2, 0.25) is 0 Å². The fraction of sp³-hybridized carbons (Fsp3) is 0.0308. The normalized spacial score (nSPS) is 11.8. The summed E-state index contributed by atoms with van der Waals surface area (Å²) in [5.74, 6) is 1.81. The van der Waals surface area contributed by atoms with Crippen LogP contribution in [0.15, 0.2) is 231 Å². The Morgan fingerprint density at radius 1 is 0.254 bits per heavy atom. The van der Waals surface area contributed by atoms with E-state index in [1.807, 2.05) is 0 Å².